The molecular weight excluding hydrogens is 266 g/mol. The molecule has 0 heterocycles. The number of rotatable bonds is 3. The first-order valence-electron chi connectivity index (χ1n) is 6.51. The number of carbonyl (C=O) groups is 2. The SMILES string of the molecule is CC(=O)Nc1ccc(NC(=O)c2ccc(C)c(N)c2)cc1. The molecule has 2 rings (SSSR count). The third-order valence-corrected chi connectivity index (χ3v) is 3.00. The van der Waals surface area contributed by atoms with E-state index in [4.69, 9.17) is 5.73 Å². The van der Waals surface area contributed by atoms with Gasteiger partial charge in [-0.1, -0.05) is 6.07 Å². The molecule has 0 saturated carbocycles. The Morgan fingerprint density at radius 3 is 2.05 bits per heavy atom. The van der Waals surface area contributed by atoms with Crippen LogP contribution in [0.2, 0.25) is 0 Å². The van der Waals surface area contributed by atoms with Gasteiger partial charge in [-0.25, -0.2) is 0 Å². The lowest BCUT2D eigenvalue weighted by Crippen LogP contribution is -2.12. The van der Waals surface area contributed by atoms with Gasteiger partial charge in [0.2, 0.25) is 5.91 Å². The van der Waals surface area contributed by atoms with Gasteiger partial charge in [0.05, 0.1) is 0 Å². The average Bonchev–Trinajstić information content (AvgIpc) is 2.43. The van der Waals surface area contributed by atoms with Crippen molar-refractivity contribution in [3.8, 4) is 0 Å². The quantitative estimate of drug-likeness (QED) is 0.757. The Bertz CT molecular complexity index is 678. The fraction of sp³-hybridized carbons (Fsp3) is 0.125. The minimum atomic E-state index is -0.228. The van der Waals surface area contributed by atoms with Gasteiger partial charge in [0, 0.05) is 29.5 Å². The first kappa shape index (κ1) is 14.6. The molecule has 0 bridgehead atoms. The van der Waals surface area contributed by atoms with E-state index < -0.39 is 0 Å². The molecule has 5 heteroatoms. The molecule has 5 nitrogen and oxygen atoms in total. The van der Waals surface area contributed by atoms with E-state index in [0.717, 1.165) is 5.56 Å². The molecule has 0 atom stereocenters. The molecule has 0 radical (unpaired) electrons. The minimum Gasteiger partial charge on any atom is -0.398 e. The number of carbonyl (C=O) groups excluding carboxylic acids is 2. The molecule has 0 aromatic heterocycles. The molecule has 21 heavy (non-hydrogen) atoms. The number of nitrogens with two attached hydrogens (primary N) is 1. The molecule has 0 fully saturated rings. The molecule has 2 aromatic carbocycles. The second-order valence-electron chi connectivity index (χ2n) is 4.78. The largest absolute Gasteiger partial charge is 0.398 e. The molecule has 4 N–H and O–H groups in total. The van der Waals surface area contributed by atoms with Crippen molar-refractivity contribution >= 4 is 28.9 Å². The van der Waals surface area contributed by atoms with Crippen LogP contribution in [0.25, 0.3) is 0 Å². The van der Waals surface area contributed by atoms with Gasteiger partial charge >= 0.3 is 0 Å². The number of nitrogens with one attached hydrogen (secondary N) is 2. The van der Waals surface area contributed by atoms with Crippen LogP contribution in [0.15, 0.2) is 42.5 Å². The highest BCUT2D eigenvalue weighted by molar-refractivity contribution is 6.05. The van der Waals surface area contributed by atoms with Crippen LogP contribution >= 0.6 is 0 Å². The number of anilines is 3. The Balaban J connectivity index is 2.08. The second-order valence-corrected chi connectivity index (χ2v) is 4.78. The van der Waals surface area contributed by atoms with E-state index in [1.54, 1.807) is 36.4 Å². The first-order valence-corrected chi connectivity index (χ1v) is 6.51. The van der Waals surface area contributed by atoms with E-state index in [0.29, 0.717) is 22.6 Å². The Hall–Kier alpha value is -2.82. The summed E-state index contributed by atoms with van der Waals surface area (Å²) in [6.07, 6.45) is 0. The van der Waals surface area contributed by atoms with Gasteiger partial charge in [-0.15, -0.1) is 0 Å². The van der Waals surface area contributed by atoms with Crippen LogP contribution in [0, 0.1) is 6.92 Å². The van der Waals surface area contributed by atoms with Gasteiger partial charge in [-0.3, -0.25) is 9.59 Å². The highest BCUT2D eigenvalue weighted by Gasteiger charge is 2.07. The Morgan fingerprint density at radius 2 is 1.52 bits per heavy atom. The van der Waals surface area contributed by atoms with Crippen LogP contribution in [0.3, 0.4) is 0 Å². The topological polar surface area (TPSA) is 84.2 Å². The lowest BCUT2D eigenvalue weighted by atomic mass is 10.1. The van der Waals surface area contributed by atoms with Crippen LogP contribution in [-0.2, 0) is 4.79 Å². The Labute approximate surface area is 123 Å². The maximum atomic E-state index is 12.1. The van der Waals surface area contributed by atoms with E-state index in [9.17, 15) is 9.59 Å². The zero-order valence-corrected chi connectivity index (χ0v) is 11.9. The predicted molar refractivity (Wildman–Crippen MR) is 84.3 cm³/mol. The summed E-state index contributed by atoms with van der Waals surface area (Å²) >= 11 is 0. The van der Waals surface area contributed by atoms with Crippen molar-refractivity contribution in [3.63, 3.8) is 0 Å². The molecule has 2 amide bonds. The summed E-state index contributed by atoms with van der Waals surface area (Å²) in [5.41, 5.74) is 9.15. The third-order valence-electron chi connectivity index (χ3n) is 3.00. The standard InChI is InChI=1S/C16H17N3O2/c1-10-3-4-12(9-15(10)17)16(21)19-14-7-5-13(6-8-14)18-11(2)20/h3-9H,17H2,1-2H3,(H,18,20)(H,19,21). The lowest BCUT2D eigenvalue weighted by molar-refractivity contribution is -0.114. The van der Waals surface area contributed by atoms with Crippen molar-refractivity contribution in [1.29, 1.82) is 0 Å². The molecule has 108 valence electrons. The van der Waals surface area contributed by atoms with Crippen LogP contribution in [0.5, 0.6) is 0 Å². The highest BCUT2D eigenvalue weighted by Crippen LogP contribution is 2.17. The highest BCUT2D eigenvalue weighted by atomic mass is 16.2. The Morgan fingerprint density at radius 1 is 0.952 bits per heavy atom. The molecule has 0 saturated heterocycles. The van der Waals surface area contributed by atoms with Crippen LogP contribution in [0.1, 0.15) is 22.8 Å². The Kier molecular flexibility index (Phi) is 4.23. The maximum Gasteiger partial charge on any atom is 0.255 e. The number of hydrogen-bond donors (Lipinski definition) is 3. The smallest absolute Gasteiger partial charge is 0.255 e. The first-order chi connectivity index (χ1) is 9.95. The van der Waals surface area contributed by atoms with Gasteiger partial charge in [0.1, 0.15) is 0 Å². The van der Waals surface area contributed by atoms with Crippen molar-refractivity contribution in [3.05, 3.63) is 53.6 Å². The molecule has 0 unspecified atom stereocenters. The molecule has 0 aliphatic carbocycles. The van der Waals surface area contributed by atoms with Crippen molar-refractivity contribution in [2.24, 2.45) is 0 Å². The van der Waals surface area contributed by atoms with E-state index in [1.807, 2.05) is 13.0 Å². The summed E-state index contributed by atoms with van der Waals surface area (Å²) in [7, 11) is 0. The maximum absolute atomic E-state index is 12.1. The van der Waals surface area contributed by atoms with E-state index in [1.165, 1.54) is 6.92 Å². The minimum absolute atomic E-state index is 0.137. The molecule has 0 spiro atoms. The van der Waals surface area contributed by atoms with Crippen LogP contribution in [-0.4, -0.2) is 11.8 Å². The van der Waals surface area contributed by atoms with Gasteiger partial charge in [0.15, 0.2) is 0 Å². The summed E-state index contributed by atoms with van der Waals surface area (Å²) in [5, 5.41) is 5.44. The average molecular weight is 283 g/mol. The van der Waals surface area contributed by atoms with E-state index in [-0.39, 0.29) is 11.8 Å². The zero-order chi connectivity index (χ0) is 15.4. The van der Waals surface area contributed by atoms with Crippen molar-refractivity contribution in [1.82, 2.24) is 0 Å². The molecule has 0 aliphatic rings. The van der Waals surface area contributed by atoms with Crippen molar-refractivity contribution in [2.45, 2.75) is 13.8 Å². The van der Waals surface area contributed by atoms with Gasteiger partial charge in [-0.2, -0.15) is 0 Å². The monoisotopic (exact) mass is 283 g/mol. The van der Waals surface area contributed by atoms with Crippen molar-refractivity contribution < 1.29 is 9.59 Å². The van der Waals surface area contributed by atoms with Gasteiger partial charge in [-0.05, 0) is 48.9 Å². The fourth-order valence-electron chi connectivity index (χ4n) is 1.83. The third kappa shape index (κ3) is 3.82. The lowest BCUT2D eigenvalue weighted by Gasteiger charge is -2.08. The summed E-state index contributed by atoms with van der Waals surface area (Å²) in [5.74, 6) is -0.365. The number of amides is 2. The van der Waals surface area contributed by atoms with E-state index in [2.05, 4.69) is 10.6 Å². The van der Waals surface area contributed by atoms with Crippen molar-refractivity contribution in [2.75, 3.05) is 16.4 Å². The van der Waals surface area contributed by atoms with Gasteiger partial charge < -0.3 is 16.4 Å². The summed E-state index contributed by atoms with van der Waals surface area (Å²) < 4.78 is 0. The predicted octanol–water partition coefficient (Wildman–Crippen LogP) is 2.79. The molecular formula is C16H17N3O2. The molecule has 0 aliphatic heterocycles. The second kappa shape index (κ2) is 6.09. The van der Waals surface area contributed by atoms with E-state index >= 15 is 0 Å². The van der Waals surface area contributed by atoms with Crippen LogP contribution < -0.4 is 16.4 Å². The number of hydrogen-bond acceptors (Lipinski definition) is 3. The summed E-state index contributed by atoms with van der Waals surface area (Å²) in [6, 6.07) is 12.1. The van der Waals surface area contributed by atoms with Gasteiger partial charge in [0.25, 0.3) is 5.91 Å². The summed E-state index contributed by atoms with van der Waals surface area (Å²) in [4.78, 5) is 23.0. The number of aryl methyl sites for hydroxylation is 1. The molecule has 2 aromatic rings. The number of benzene rings is 2. The normalized spacial score (nSPS) is 10.0. The zero-order valence-electron chi connectivity index (χ0n) is 11.9. The number of nitrogen functional groups attached to an aromatic ring is 1. The van der Waals surface area contributed by atoms with Crippen LogP contribution in [0.4, 0.5) is 17.1 Å². The fourth-order valence-corrected chi connectivity index (χ4v) is 1.83. The summed E-state index contributed by atoms with van der Waals surface area (Å²) in [6.45, 7) is 3.33.